The van der Waals surface area contributed by atoms with Crippen molar-refractivity contribution in [3.63, 3.8) is 0 Å². The van der Waals surface area contributed by atoms with Crippen LogP contribution in [0, 0.1) is 13.8 Å². The van der Waals surface area contributed by atoms with Gasteiger partial charge in [-0.05, 0) is 65.2 Å². The maximum atomic E-state index is 12.8. The summed E-state index contributed by atoms with van der Waals surface area (Å²) < 4.78 is 28.7. The molecule has 0 spiro atoms. The first kappa shape index (κ1) is 16.0. The van der Waals surface area contributed by atoms with Gasteiger partial charge in [-0.3, -0.25) is 9.71 Å². The molecule has 4 nitrogen and oxygen atoms in total. The van der Waals surface area contributed by atoms with Crippen LogP contribution in [0.25, 0.3) is 10.9 Å². The molecule has 118 valence electrons. The number of aromatic nitrogens is 1. The molecule has 0 radical (unpaired) electrons. The lowest BCUT2D eigenvalue weighted by molar-refractivity contribution is 0.600. The molecule has 0 bridgehead atoms. The molecule has 0 saturated carbocycles. The highest BCUT2D eigenvalue weighted by atomic mass is 79.9. The molecule has 0 amide bonds. The summed E-state index contributed by atoms with van der Waals surface area (Å²) in [6.07, 6.45) is 1.64. The van der Waals surface area contributed by atoms with E-state index in [4.69, 9.17) is 0 Å². The second-order valence-electron chi connectivity index (χ2n) is 5.35. The third-order valence-electron chi connectivity index (χ3n) is 3.71. The number of anilines is 1. The third-order valence-corrected chi connectivity index (χ3v) is 6.04. The van der Waals surface area contributed by atoms with Crippen LogP contribution in [0.1, 0.15) is 11.1 Å². The van der Waals surface area contributed by atoms with Crippen molar-refractivity contribution in [2.45, 2.75) is 18.7 Å². The molecule has 0 aliphatic carbocycles. The van der Waals surface area contributed by atoms with Gasteiger partial charge in [0.15, 0.2) is 0 Å². The number of nitrogens with one attached hydrogen (secondary N) is 1. The van der Waals surface area contributed by atoms with Gasteiger partial charge in [-0.1, -0.05) is 18.2 Å². The van der Waals surface area contributed by atoms with Gasteiger partial charge in [0.25, 0.3) is 10.0 Å². The molecule has 0 atom stereocenters. The number of para-hydroxylation sites is 1. The highest BCUT2D eigenvalue weighted by Gasteiger charge is 2.20. The van der Waals surface area contributed by atoms with Crippen LogP contribution in [0.3, 0.4) is 0 Å². The van der Waals surface area contributed by atoms with E-state index in [-0.39, 0.29) is 4.90 Å². The molecular formula is C17H15BrN2O2S. The first-order valence-electron chi connectivity index (χ1n) is 7.02. The Morgan fingerprint density at radius 3 is 2.52 bits per heavy atom. The second kappa shape index (κ2) is 5.94. The van der Waals surface area contributed by atoms with Gasteiger partial charge in [0, 0.05) is 16.1 Å². The van der Waals surface area contributed by atoms with Crippen molar-refractivity contribution in [2.75, 3.05) is 4.72 Å². The molecule has 3 aromatic rings. The minimum absolute atomic E-state index is 0.216. The molecule has 3 rings (SSSR count). The van der Waals surface area contributed by atoms with Crippen LogP contribution >= 0.6 is 15.9 Å². The Labute approximate surface area is 143 Å². The number of hydrogen-bond donors (Lipinski definition) is 1. The van der Waals surface area contributed by atoms with Crippen molar-refractivity contribution < 1.29 is 8.42 Å². The monoisotopic (exact) mass is 390 g/mol. The number of halogens is 1. The Morgan fingerprint density at radius 1 is 1.04 bits per heavy atom. The Bertz CT molecular complexity index is 995. The lowest BCUT2D eigenvalue weighted by atomic mass is 10.1. The quantitative estimate of drug-likeness (QED) is 0.719. The van der Waals surface area contributed by atoms with Crippen LogP contribution in [0.5, 0.6) is 0 Å². The molecule has 2 aromatic carbocycles. The molecule has 0 aliphatic rings. The van der Waals surface area contributed by atoms with E-state index >= 15 is 0 Å². The molecule has 0 unspecified atom stereocenters. The second-order valence-corrected chi connectivity index (χ2v) is 7.86. The summed E-state index contributed by atoms with van der Waals surface area (Å²) >= 11 is 3.35. The predicted molar refractivity (Wildman–Crippen MR) is 96.2 cm³/mol. The largest absolute Gasteiger partial charge is 0.277 e. The fourth-order valence-electron chi connectivity index (χ4n) is 2.35. The van der Waals surface area contributed by atoms with Crippen LogP contribution in [0.4, 0.5) is 5.69 Å². The zero-order chi connectivity index (χ0) is 16.6. The van der Waals surface area contributed by atoms with E-state index in [9.17, 15) is 8.42 Å². The van der Waals surface area contributed by atoms with E-state index in [0.717, 1.165) is 16.5 Å². The molecule has 1 heterocycles. The lowest BCUT2D eigenvalue weighted by Crippen LogP contribution is -2.14. The molecule has 0 saturated heterocycles. The van der Waals surface area contributed by atoms with Crippen LogP contribution in [-0.2, 0) is 10.0 Å². The Kier molecular flexibility index (Phi) is 4.12. The fraction of sp³-hybridized carbons (Fsp3) is 0.118. The Hall–Kier alpha value is -1.92. The van der Waals surface area contributed by atoms with Crippen LogP contribution in [-0.4, -0.2) is 13.4 Å². The number of rotatable bonds is 3. The van der Waals surface area contributed by atoms with Gasteiger partial charge in [0.05, 0.1) is 11.2 Å². The predicted octanol–water partition coefficient (Wildman–Crippen LogP) is 4.41. The van der Waals surface area contributed by atoms with Crippen molar-refractivity contribution in [1.82, 2.24) is 4.98 Å². The van der Waals surface area contributed by atoms with Gasteiger partial charge >= 0.3 is 0 Å². The molecule has 0 fully saturated rings. The van der Waals surface area contributed by atoms with Gasteiger partial charge in [0.2, 0.25) is 0 Å². The number of hydrogen-bond acceptors (Lipinski definition) is 3. The molecular weight excluding hydrogens is 376 g/mol. The summed E-state index contributed by atoms with van der Waals surface area (Å²) in [6, 6.07) is 12.6. The van der Waals surface area contributed by atoms with E-state index in [2.05, 4.69) is 25.6 Å². The number of aryl methyl sites for hydroxylation is 2. The van der Waals surface area contributed by atoms with Crippen molar-refractivity contribution in [1.29, 1.82) is 0 Å². The maximum absolute atomic E-state index is 12.8. The number of benzene rings is 2. The van der Waals surface area contributed by atoms with Crippen LogP contribution in [0.15, 0.2) is 58.0 Å². The molecule has 6 heteroatoms. The molecule has 1 N–H and O–H groups in total. The number of fused-ring (bicyclic) bond motifs is 1. The number of sulfonamides is 1. The summed E-state index contributed by atoms with van der Waals surface area (Å²) in [4.78, 5) is 4.49. The van der Waals surface area contributed by atoms with Crippen LogP contribution in [0.2, 0.25) is 0 Å². The summed E-state index contributed by atoms with van der Waals surface area (Å²) in [5.41, 5.74) is 3.04. The minimum atomic E-state index is -3.71. The minimum Gasteiger partial charge on any atom is -0.277 e. The highest BCUT2D eigenvalue weighted by molar-refractivity contribution is 9.10. The van der Waals surface area contributed by atoms with Crippen molar-refractivity contribution in [3.05, 3.63) is 64.3 Å². The van der Waals surface area contributed by atoms with Crippen molar-refractivity contribution in [3.8, 4) is 0 Å². The summed E-state index contributed by atoms with van der Waals surface area (Å²) in [6.45, 7) is 3.83. The molecule has 1 aromatic heterocycles. The first-order valence-corrected chi connectivity index (χ1v) is 9.29. The van der Waals surface area contributed by atoms with E-state index in [0.29, 0.717) is 15.7 Å². The third kappa shape index (κ3) is 3.09. The summed E-state index contributed by atoms with van der Waals surface area (Å²) in [7, 11) is -3.71. The smallest absolute Gasteiger partial charge is 0.263 e. The van der Waals surface area contributed by atoms with Gasteiger partial charge in [-0.2, -0.15) is 0 Å². The van der Waals surface area contributed by atoms with E-state index in [1.165, 1.54) is 0 Å². The van der Waals surface area contributed by atoms with Gasteiger partial charge in [-0.25, -0.2) is 8.42 Å². The fourth-order valence-corrected chi connectivity index (χ4v) is 4.66. The SMILES string of the molecule is Cc1cc(Br)c(S(=O)(=O)Nc2cccc3cccnc23)cc1C. The van der Waals surface area contributed by atoms with Crippen molar-refractivity contribution in [2.24, 2.45) is 0 Å². The van der Waals surface area contributed by atoms with Gasteiger partial charge in [-0.15, -0.1) is 0 Å². The molecule has 0 aliphatic heterocycles. The first-order chi connectivity index (χ1) is 10.9. The Balaban J connectivity index is 2.09. The van der Waals surface area contributed by atoms with Gasteiger partial charge < -0.3 is 0 Å². The maximum Gasteiger partial charge on any atom is 0.263 e. The lowest BCUT2D eigenvalue weighted by Gasteiger charge is -2.13. The number of pyridine rings is 1. The average Bonchev–Trinajstić information content (AvgIpc) is 2.51. The highest BCUT2D eigenvalue weighted by Crippen LogP contribution is 2.29. The average molecular weight is 391 g/mol. The van der Waals surface area contributed by atoms with Crippen molar-refractivity contribution >= 4 is 42.5 Å². The summed E-state index contributed by atoms with van der Waals surface area (Å²) in [5.74, 6) is 0. The Morgan fingerprint density at radius 2 is 1.74 bits per heavy atom. The van der Waals surface area contributed by atoms with Crippen LogP contribution < -0.4 is 4.72 Å². The molecule has 23 heavy (non-hydrogen) atoms. The van der Waals surface area contributed by atoms with E-state index in [1.807, 2.05) is 38.1 Å². The normalized spacial score (nSPS) is 11.6. The van der Waals surface area contributed by atoms with E-state index in [1.54, 1.807) is 24.4 Å². The number of nitrogens with zero attached hydrogens (tertiary/aromatic N) is 1. The zero-order valence-corrected chi connectivity index (χ0v) is 15.1. The zero-order valence-electron chi connectivity index (χ0n) is 12.7. The topological polar surface area (TPSA) is 59.1 Å². The standard InChI is InChI=1S/C17H15BrN2O2S/c1-11-9-14(18)16(10-12(11)2)23(21,22)20-15-7-3-5-13-6-4-8-19-17(13)15/h3-10,20H,1-2H3. The summed E-state index contributed by atoms with van der Waals surface area (Å²) in [5, 5.41) is 0.881. The van der Waals surface area contributed by atoms with Gasteiger partial charge in [0.1, 0.15) is 4.90 Å². The van der Waals surface area contributed by atoms with E-state index < -0.39 is 10.0 Å².